The first kappa shape index (κ1) is 28.8. The van der Waals surface area contributed by atoms with Crippen LogP contribution in [0.4, 0.5) is 5.69 Å². The first-order valence-electron chi connectivity index (χ1n) is 13.1. The molecular formula is C28H31N5O9. The number of nitrogens with two attached hydrogens (primary N) is 1. The van der Waals surface area contributed by atoms with Crippen LogP contribution in [-0.4, -0.2) is 93.7 Å². The number of likely N-dealkylation sites (N-methyl/N-ethyl adjacent to an activating group) is 1. The molecule has 1 aromatic heterocycles. The lowest BCUT2D eigenvalue weighted by Crippen LogP contribution is -2.63. The Labute approximate surface area is 239 Å². The molecule has 2 amide bonds. The van der Waals surface area contributed by atoms with Gasteiger partial charge in [0.25, 0.3) is 11.8 Å². The van der Waals surface area contributed by atoms with Crippen molar-refractivity contribution in [3.05, 3.63) is 63.4 Å². The summed E-state index contributed by atoms with van der Waals surface area (Å²) in [4.78, 5) is 55.3. The molecule has 3 aliphatic rings. The van der Waals surface area contributed by atoms with Crippen molar-refractivity contribution in [1.82, 2.24) is 15.4 Å². The summed E-state index contributed by atoms with van der Waals surface area (Å²) in [5.74, 6) is -7.91. The highest BCUT2D eigenvalue weighted by Crippen LogP contribution is 2.53. The number of nitrogens with zero attached hydrogens (tertiary/aromatic N) is 3. The summed E-state index contributed by atoms with van der Waals surface area (Å²) < 4.78 is 4.84. The Bertz CT molecular complexity index is 1590. The van der Waals surface area contributed by atoms with Crippen LogP contribution in [0.2, 0.25) is 0 Å². The predicted molar refractivity (Wildman–Crippen MR) is 146 cm³/mol. The Hall–Kier alpha value is -4.69. The maximum absolute atomic E-state index is 14.1. The van der Waals surface area contributed by atoms with Crippen molar-refractivity contribution >= 4 is 29.1 Å². The lowest BCUT2D eigenvalue weighted by atomic mass is 9.58. The molecule has 0 saturated carbocycles. The number of anilines is 1. The monoisotopic (exact) mass is 581 g/mol. The number of amides is 2. The van der Waals surface area contributed by atoms with Crippen LogP contribution in [0.3, 0.4) is 0 Å². The van der Waals surface area contributed by atoms with E-state index in [1.54, 1.807) is 39.2 Å². The van der Waals surface area contributed by atoms with Gasteiger partial charge in [-0.2, -0.15) is 0 Å². The Morgan fingerprint density at radius 1 is 1.19 bits per heavy atom. The summed E-state index contributed by atoms with van der Waals surface area (Å²) in [5, 5.41) is 51.5. The fraction of sp³-hybridized carbons (Fsp3) is 0.393. The van der Waals surface area contributed by atoms with Crippen LogP contribution in [-0.2, 0) is 22.6 Å². The summed E-state index contributed by atoms with van der Waals surface area (Å²) in [6, 6.07) is 1.92. The van der Waals surface area contributed by atoms with Gasteiger partial charge < -0.3 is 40.9 Å². The van der Waals surface area contributed by atoms with E-state index in [9.17, 15) is 39.6 Å². The second kappa shape index (κ2) is 9.99. The van der Waals surface area contributed by atoms with E-state index < -0.39 is 69.7 Å². The van der Waals surface area contributed by atoms with Crippen molar-refractivity contribution in [1.29, 1.82) is 0 Å². The molecule has 4 atom stereocenters. The Kier molecular flexibility index (Phi) is 6.86. The number of aliphatic hydroxyl groups is 3. The Morgan fingerprint density at radius 2 is 1.88 bits per heavy atom. The SMILES string of the molecule is CN(C)c1cc(CNC(=O)c2ccno2)c(O)c2c1CC1CC3C(N(C)C)C(O)=C(C(N)=O)C(=O)C3(O)C(O)=C1C2=O. The number of Topliss-reactive ketones (excluding diaryl/α,β-unsaturated/α-hetero) is 2. The van der Waals surface area contributed by atoms with Crippen molar-refractivity contribution in [3.8, 4) is 5.75 Å². The van der Waals surface area contributed by atoms with Gasteiger partial charge in [-0.05, 0) is 44.5 Å². The van der Waals surface area contributed by atoms with Crippen LogP contribution in [0, 0.1) is 11.8 Å². The zero-order valence-electron chi connectivity index (χ0n) is 23.3. The van der Waals surface area contributed by atoms with Gasteiger partial charge in [-0.15, -0.1) is 0 Å². The van der Waals surface area contributed by atoms with Gasteiger partial charge in [0.05, 0.1) is 17.8 Å². The van der Waals surface area contributed by atoms with E-state index in [0.29, 0.717) is 11.3 Å². The number of phenolic OH excluding ortho intramolecular Hbond substituents is 1. The van der Waals surface area contributed by atoms with Crippen LogP contribution < -0.4 is 16.0 Å². The molecule has 1 heterocycles. The molecule has 14 nitrogen and oxygen atoms in total. The third kappa shape index (κ3) is 4.05. The summed E-state index contributed by atoms with van der Waals surface area (Å²) in [6.07, 6.45) is 1.42. The van der Waals surface area contributed by atoms with E-state index in [4.69, 9.17) is 10.3 Å². The van der Waals surface area contributed by atoms with Crippen LogP contribution in [0.5, 0.6) is 5.75 Å². The molecule has 0 saturated heterocycles. The highest BCUT2D eigenvalue weighted by atomic mass is 16.5. The largest absolute Gasteiger partial charge is 0.510 e. The van der Waals surface area contributed by atoms with Crippen molar-refractivity contribution in [2.24, 2.45) is 17.6 Å². The second-order valence-corrected chi connectivity index (χ2v) is 11.2. The molecule has 0 radical (unpaired) electrons. The lowest BCUT2D eigenvalue weighted by molar-refractivity contribution is -0.148. The van der Waals surface area contributed by atoms with Crippen LogP contribution in [0.25, 0.3) is 0 Å². The van der Waals surface area contributed by atoms with Gasteiger partial charge in [-0.1, -0.05) is 5.16 Å². The minimum absolute atomic E-state index is 0.0195. The molecule has 42 heavy (non-hydrogen) atoms. The normalized spacial score (nSPS) is 25.2. The Morgan fingerprint density at radius 3 is 2.45 bits per heavy atom. The van der Waals surface area contributed by atoms with Crippen LogP contribution in [0.1, 0.15) is 38.5 Å². The number of phenols is 1. The molecule has 0 fully saturated rings. The summed E-state index contributed by atoms with van der Waals surface area (Å²) in [6.45, 7) is -0.192. The van der Waals surface area contributed by atoms with Gasteiger partial charge in [0.1, 0.15) is 22.8 Å². The zero-order valence-corrected chi connectivity index (χ0v) is 23.3. The molecule has 0 spiro atoms. The maximum atomic E-state index is 14.1. The van der Waals surface area contributed by atoms with Gasteiger partial charge in [0.2, 0.25) is 11.5 Å². The number of aromatic hydroxyl groups is 1. The number of fused-ring (bicyclic) bond motifs is 3. The van der Waals surface area contributed by atoms with Crippen molar-refractivity contribution in [2.45, 2.75) is 31.0 Å². The molecule has 0 bridgehead atoms. The van der Waals surface area contributed by atoms with E-state index in [2.05, 4.69) is 10.5 Å². The van der Waals surface area contributed by atoms with Crippen molar-refractivity contribution in [2.75, 3.05) is 33.1 Å². The summed E-state index contributed by atoms with van der Waals surface area (Å²) >= 11 is 0. The number of rotatable bonds is 6. The summed E-state index contributed by atoms with van der Waals surface area (Å²) in [7, 11) is 6.62. The third-order valence-electron chi connectivity index (χ3n) is 8.36. The number of nitrogens with one attached hydrogen (secondary N) is 1. The molecule has 0 aliphatic heterocycles. The standard InChI is InChI=1S/C28H31N5O9/c1-32(2)15-9-12(10-30-27(40)16-5-6-31-42-16)21(34)18-13(15)7-11-8-14-20(33(3)4)23(36)19(26(29)39)25(38)28(14,41)24(37)17(11)22(18)35/h5-6,9,11,14,20,34,36-37,41H,7-8,10H2,1-4H3,(H2,29,39)(H,30,40). The number of ketones is 2. The molecule has 5 rings (SSSR count). The van der Waals surface area contributed by atoms with E-state index in [0.717, 1.165) is 0 Å². The van der Waals surface area contributed by atoms with E-state index in [-0.39, 0.29) is 41.8 Å². The lowest BCUT2D eigenvalue weighted by Gasteiger charge is -2.50. The third-order valence-corrected chi connectivity index (χ3v) is 8.36. The highest BCUT2D eigenvalue weighted by Gasteiger charge is 2.63. The fourth-order valence-corrected chi connectivity index (χ4v) is 6.48. The maximum Gasteiger partial charge on any atom is 0.290 e. The number of benzene rings is 1. The molecule has 222 valence electrons. The highest BCUT2D eigenvalue weighted by molar-refractivity contribution is 6.25. The molecule has 14 heteroatoms. The van der Waals surface area contributed by atoms with Gasteiger partial charge in [-0.25, -0.2) is 0 Å². The smallest absolute Gasteiger partial charge is 0.290 e. The fourth-order valence-electron chi connectivity index (χ4n) is 6.48. The van der Waals surface area contributed by atoms with Gasteiger partial charge in [0, 0.05) is 49.4 Å². The number of primary amides is 1. The number of hydrogen-bond acceptors (Lipinski definition) is 12. The predicted octanol–water partition coefficient (Wildman–Crippen LogP) is 0.105. The van der Waals surface area contributed by atoms with Crippen LogP contribution >= 0.6 is 0 Å². The minimum atomic E-state index is -2.73. The van der Waals surface area contributed by atoms with Gasteiger partial charge in [-0.3, -0.25) is 24.1 Å². The first-order chi connectivity index (χ1) is 19.7. The Balaban J connectivity index is 1.64. The topological polar surface area (TPSA) is 220 Å². The molecule has 1 aromatic carbocycles. The molecule has 4 unspecified atom stereocenters. The van der Waals surface area contributed by atoms with Gasteiger partial charge >= 0.3 is 0 Å². The number of hydrogen-bond donors (Lipinski definition) is 6. The molecule has 3 aliphatic carbocycles. The first-order valence-corrected chi connectivity index (χ1v) is 13.1. The number of aliphatic hydroxyl groups excluding tert-OH is 2. The van der Waals surface area contributed by atoms with Crippen LogP contribution in [0.15, 0.2) is 45.5 Å². The van der Waals surface area contributed by atoms with Crippen molar-refractivity contribution < 1.29 is 44.1 Å². The number of carbonyl (C=O) groups is 4. The van der Waals surface area contributed by atoms with E-state index >= 15 is 0 Å². The van der Waals surface area contributed by atoms with Gasteiger partial charge in [0.15, 0.2) is 11.4 Å². The molecule has 7 N–H and O–H groups in total. The molecule has 2 aromatic rings. The quantitative estimate of drug-likeness (QED) is 0.250. The van der Waals surface area contributed by atoms with E-state index in [1.165, 1.54) is 17.2 Å². The average Bonchev–Trinajstić information content (AvgIpc) is 3.45. The average molecular weight is 582 g/mol. The number of aromatic nitrogens is 1. The van der Waals surface area contributed by atoms with Crippen molar-refractivity contribution in [3.63, 3.8) is 0 Å². The zero-order chi connectivity index (χ0) is 30.8. The second-order valence-electron chi connectivity index (χ2n) is 11.2. The number of carbonyl (C=O) groups excluding carboxylic acids is 4. The number of allylic oxidation sites excluding steroid dienone is 1. The summed E-state index contributed by atoms with van der Waals surface area (Å²) in [5.41, 5.74) is 2.60. The van der Waals surface area contributed by atoms with E-state index in [1.807, 2.05) is 0 Å². The molecular weight excluding hydrogens is 550 g/mol. The minimum Gasteiger partial charge on any atom is -0.510 e.